The van der Waals surface area contributed by atoms with Crippen molar-refractivity contribution in [3.63, 3.8) is 0 Å². The van der Waals surface area contributed by atoms with Gasteiger partial charge in [0.15, 0.2) is 6.10 Å². The molecule has 1 aliphatic carbocycles. The van der Waals surface area contributed by atoms with E-state index in [4.69, 9.17) is 14.6 Å². The summed E-state index contributed by atoms with van der Waals surface area (Å²) in [5.41, 5.74) is 0. The minimum Gasteiger partial charge on any atom is -0.479 e. The third-order valence-electron chi connectivity index (χ3n) is 3.09. The first-order chi connectivity index (χ1) is 7.63. The monoisotopic (exact) mass is 230 g/mol. The highest BCUT2D eigenvalue weighted by atomic mass is 16.6. The fourth-order valence-electron chi connectivity index (χ4n) is 2.01. The summed E-state index contributed by atoms with van der Waals surface area (Å²) in [6.45, 7) is 4.61. The van der Waals surface area contributed by atoms with Crippen molar-refractivity contribution in [3.05, 3.63) is 0 Å². The van der Waals surface area contributed by atoms with Gasteiger partial charge in [-0.25, -0.2) is 4.79 Å². The topological polar surface area (TPSA) is 55.8 Å². The molecule has 0 heterocycles. The number of ether oxygens (including phenoxy) is 2. The van der Waals surface area contributed by atoms with Gasteiger partial charge in [-0.05, 0) is 38.5 Å². The zero-order chi connectivity index (χ0) is 12.0. The highest BCUT2D eigenvalue weighted by Crippen LogP contribution is 2.25. The van der Waals surface area contributed by atoms with Gasteiger partial charge >= 0.3 is 5.97 Å². The van der Waals surface area contributed by atoms with Gasteiger partial charge in [0.25, 0.3) is 0 Å². The van der Waals surface area contributed by atoms with E-state index in [-0.39, 0.29) is 12.7 Å². The summed E-state index contributed by atoms with van der Waals surface area (Å²) < 4.78 is 10.7. The number of aliphatic carboxylic acids is 1. The Balaban J connectivity index is 2.23. The van der Waals surface area contributed by atoms with Crippen LogP contribution in [0.5, 0.6) is 0 Å². The molecule has 1 N–H and O–H groups in total. The maximum Gasteiger partial charge on any atom is 0.335 e. The number of hydrogen-bond acceptors (Lipinski definition) is 3. The quantitative estimate of drug-likeness (QED) is 0.759. The van der Waals surface area contributed by atoms with E-state index in [1.807, 2.05) is 0 Å². The molecule has 1 aliphatic rings. The van der Waals surface area contributed by atoms with Crippen molar-refractivity contribution in [1.82, 2.24) is 0 Å². The van der Waals surface area contributed by atoms with Crippen LogP contribution >= 0.6 is 0 Å². The van der Waals surface area contributed by atoms with Crippen LogP contribution in [-0.4, -0.2) is 36.5 Å². The fourth-order valence-corrected chi connectivity index (χ4v) is 2.01. The molecule has 0 spiro atoms. The molecule has 0 radical (unpaired) electrons. The summed E-state index contributed by atoms with van der Waals surface area (Å²) in [5, 5.41) is 8.87. The molecule has 4 nitrogen and oxygen atoms in total. The standard InChI is InChI=1S/C12H22O4/c1-3-15-11(12(13)14)8-16-10-6-4-9(2)5-7-10/h9-11H,3-8H2,1-2H3,(H,13,14). The van der Waals surface area contributed by atoms with Crippen molar-refractivity contribution in [2.75, 3.05) is 13.2 Å². The Kier molecular flexibility index (Phi) is 5.77. The molecule has 0 amide bonds. The van der Waals surface area contributed by atoms with Crippen molar-refractivity contribution < 1.29 is 19.4 Å². The van der Waals surface area contributed by atoms with E-state index in [0.29, 0.717) is 6.61 Å². The number of carboxylic acid groups (broad SMARTS) is 1. The van der Waals surface area contributed by atoms with Crippen LogP contribution in [0.25, 0.3) is 0 Å². The number of hydrogen-bond donors (Lipinski definition) is 1. The van der Waals surface area contributed by atoms with Crippen LogP contribution in [0, 0.1) is 5.92 Å². The summed E-state index contributed by atoms with van der Waals surface area (Å²) in [6, 6.07) is 0. The Morgan fingerprint density at radius 2 is 2.00 bits per heavy atom. The van der Waals surface area contributed by atoms with Crippen LogP contribution in [0.3, 0.4) is 0 Å². The third kappa shape index (κ3) is 4.49. The van der Waals surface area contributed by atoms with Crippen LogP contribution in [-0.2, 0) is 14.3 Å². The Morgan fingerprint density at radius 1 is 1.38 bits per heavy atom. The number of carbonyl (C=O) groups is 1. The molecule has 0 saturated heterocycles. The molecule has 1 fully saturated rings. The van der Waals surface area contributed by atoms with E-state index in [0.717, 1.165) is 18.8 Å². The van der Waals surface area contributed by atoms with Crippen LogP contribution < -0.4 is 0 Å². The maximum atomic E-state index is 10.8. The smallest absolute Gasteiger partial charge is 0.335 e. The second-order valence-corrected chi connectivity index (χ2v) is 4.50. The van der Waals surface area contributed by atoms with Crippen molar-refractivity contribution in [1.29, 1.82) is 0 Å². The molecule has 94 valence electrons. The molecule has 4 heteroatoms. The first kappa shape index (κ1) is 13.5. The second kappa shape index (κ2) is 6.86. The lowest BCUT2D eigenvalue weighted by Crippen LogP contribution is -2.32. The maximum absolute atomic E-state index is 10.8. The van der Waals surface area contributed by atoms with E-state index in [9.17, 15) is 4.79 Å². The first-order valence-electron chi connectivity index (χ1n) is 6.09. The lowest BCUT2D eigenvalue weighted by Gasteiger charge is -2.27. The second-order valence-electron chi connectivity index (χ2n) is 4.50. The average molecular weight is 230 g/mol. The lowest BCUT2D eigenvalue weighted by atomic mass is 9.89. The zero-order valence-electron chi connectivity index (χ0n) is 10.1. The van der Waals surface area contributed by atoms with Gasteiger partial charge in [-0.3, -0.25) is 0 Å². The fraction of sp³-hybridized carbons (Fsp3) is 0.917. The number of rotatable bonds is 6. The number of carboxylic acids is 1. The zero-order valence-corrected chi connectivity index (χ0v) is 10.1. The summed E-state index contributed by atoms with van der Waals surface area (Å²) >= 11 is 0. The summed E-state index contributed by atoms with van der Waals surface area (Å²) in [7, 11) is 0. The lowest BCUT2D eigenvalue weighted by molar-refractivity contribution is -0.156. The third-order valence-corrected chi connectivity index (χ3v) is 3.09. The van der Waals surface area contributed by atoms with Crippen molar-refractivity contribution >= 4 is 5.97 Å². The van der Waals surface area contributed by atoms with Crippen molar-refractivity contribution in [3.8, 4) is 0 Å². The molecule has 0 aromatic carbocycles. The first-order valence-corrected chi connectivity index (χ1v) is 6.09. The molecule has 16 heavy (non-hydrogen) atoms. The minimum absolute atomic E-state index is 0.169. The molecular formula is C12H22O4. The molecule has 0 aliphatic heterocycles. The van der Waals surface area contributed by atoms with Gasteiger partial charge in [-0.2, -0.15) is 0 Å². The van der Waals surface area contributed by atoms with Crippen molar-refractivity contribution in [2.45, 2.75) is 51.7 Å². The SMILES string of the molecule is CCOC(COC1CCC(C)CC1)C(=O)O. The van der Waals surface area contributed by atoms with E-state index in [2.05, 4.69) is 6.92 Å². The predicted molar refractivity (Wildman–Crippen MR) is 60.4 cm³/mol. The van der Waals surface area contributed by atoms with Crippen LogP contribution in [0.15, 0.2) is 0 Å². The molecule has 0 aromatic heterocycles. The Labute approximate surface area is 96.9 Å². The van der Waals surface area contributed by atoms with Gasteiger partial charge < -0.3 is 14.6 Å². The normalized spacial score (nSPS) is 27.6. The van der Waals surface area contributed by atoms with Gasteiger partial charge in [0.05, 0.1) is 12.7 Å². The van der Waals surface area contributed by atoms with E-state index >= 15 is 0 Å². The largest absolute Gasteiger partial charge is 0.479 e. The summed E-state index contributed by atoms with van der Waals surface area (Å²) in [5.74, 6) is -0.159. The summed E-state index contributed by atoms with van der Waals surface area (Å²) in [6.07, 6.45) is 3.84. The molecule has 1 saturated carbocycles. The average Bonchev–Trinajstić information content (AvgIpc) is 2.26. The van der Waals surface area contributed by atoms with Crippen LogP contribution in [0.4, 0.5) is 0 Å². The highest BCUT2D eigenvalue weighted by molar-refractivity contribution is 5.72. The van der Waals surface area contributed by atoms with Gasteiger partial charge in [-0.1, -0.05) is 6.92 Å². The van der Waals surface area contributed by atoms with Gasteiger partial charge in [0.2, 0.25) is 0 Å². The Morgan fingerprint density at radius 3 is 2.50 bits per heavy atom. The van der Waals surface area contributed by atoms with E-state index in [1.54, 1.807) is 6.92 Å². The van der Waals surface area contributed by atoms with Gasteiger partial charge in [0.1, 0.15) is 0 Å². The molecule has 1 rings (SSSR count). The van der Waals surface area contributed by atoms with Gasteiger partial charge in [0, 0.05) is 6.61 Å². The molecular weight excluding hydrogens is 208 g/mol. The molecule has 0 aromatic rings. The highest BCUT2D eigenvalue weighted by Gasteiger charge is 2.23. The Hall–Kier alpha value is -0.610. The Bertz CT molecular complexity index is 209. The predicted octanol–water partition coefficient (Wildman–Crippen LogP) is 2.07. The van der Waals surface area contributed by atoms with Crippen molar-refractivity contribution in [2.24, 2.45) is 5.92 Å². The van der Waals surface area contributed by atoms with Gasteiger partial charge in [-0.15, -0.1) is 0 Å². The van der Waals surface area contributed by atoms with Crippen LogP contribution in [0.1, 0.15) is 39.5 Å². The van der Waals surface area contributed by atoms with E-state index < -0.39 is 12.1 Å². The summed E-state index contributed by atoms with van der Waals surface area (Å²) in [4.78, 5) is 10.8. The van der Waals surface area contributed by atoms with E-state index in [1.165, 1.54) is 12.8 Å². The molecule has 0 bridgehead atoms. The van der Waals surface area contributed by atoms with Crippen LogP contribution in [0.2, 0.25) is 0 Å². The molecule has 1 unspecified atom stereocenters. The molecule has 1 atom stereocenters. The minimum atomic E-state index is -0.939.